The largest absolute Gasteiger partial charge is 0.455 e. The van der Waals surface area contributed by atoms with Crippen molar-refractivity contribution in [3.8, 4) is 27.9 Å². The van der Waals surface area contributed by atoms with E-state index in [4.69, 9.17) is 4.42 Å². The molecular formula is C39H25NO. The number of fused-ring (bicyclic) bond motifs is 9. The third-order valence-corrected chi connectivity index (χ3v) is 8.74. The molecule has 0 saturated carbocycles. The smallest absolute Gasteiger partial charge is 0.143 e. The molecule has 0 bridgehead atoms. The van der Waals surface area contributed by atoms with Crippen molar-refractivity contribution in [2.75, 3.05) is 0 Å². The van der Waals surface area contributed by atoms with Gasteiger partial charge in [0, 0.05) is 32.8 Å². The van der Waals surface area contributed by atoms with Crippen molar-refractivity contribution >= 4 is 49.3 Å². The van der Waals surface area contributed by atoms with Crippen LogP contribution in [0.25, 0.3) is 77.3 Å². The normalized spacial score (nSPS) is 12.8. The fourth-order valence-electron chi connectivity index (χ4n) is 6.86. The molecule has 0 amide bonds. The van der Waals surface area contributed by atoms with E-state index in [1.54, 1.807) is 0 Å². The summed E-state index contributed by atoms with van der Waals surface area (Å²) in [5.74, 6) is 0. The number of nitrogens with zero attached hydrogens (tertiary/aromatic N) is 1. The molecule has 41 heavy (non-hydrogen) atoms. The van der Waals surface area contributed by atoms with Crippen LogP contribution in [0.3, 0.4) is 0 Å². The Kier molecular flexibility index (Phi) is 4.57. The highest BCUT2D eigenvalue weighted by Crippen LogP contribution is 2.42. The monoisotopic (exact) mass is 523 g/mol. The summed E-state index contributed by atoms with van der Waals surface area (Å²) < 4.78 is 8.79. The van der Waals surface area contributed by atoms with E-state index in [1.807, 2.05) is 12.1 Å². The predicted octanol–water partition coefficient (Wildman–Crippen LogP) is 10.6. The lowest BCUT2D eigenvalue weighted by Crippen LogP contribution is -2.04. The summed E-state index contributed by atoms with van der Waals surface area (Å²) in [5.41, 5.74) is 14.0. The number of hydrogen-bond donors (Lipinski definition) is 0. The molecule has 0 radical (unpaired) electrons. The number of aromatic nitrogens is 1. The molecule has 8 aromatic rings. The first kappa shape index (κ1) is 22.5. The number of rotatable bonds is 2. The molecule has 0 saturated heterocycles. The Balaban J connectivity index is 1.28. The van der Waals surface area contributed by atoms with Gasteiger partial charge in [0.05, 0.1) is 11.0 Å². The highest BCUT2D eigenvalue weighted by Gasteiger charge is 2.21. The van der Waals surface area contributed by atoms with Gasteiger partial charge in [-0.15, -0.1) is 0 Å². The maximum Gasteiger partial charge on any atom is 0.143 e. The van der Waals surface area contributed by atoms with Crippen molar-refractivity contribution in [1.82, 2.24) is 4.57 Å². The summed E-state index contributed by atoms with van der Waals surface area (Å²) in [6.45, 7) is 4.41. The highest BCUT2D eigenvalue weighted by molar-refractivity contribution is 6.13. The van der Waals surface area contributed by atoms with Crippen LogP contribution in [0.5, 0.6) is 0 Å². The Morgan fingerprint density at radius 1 is 0.537 bits per heavy atom. The van der Waals surface area contributed by atoms with E-state index >= 15 is 0 Å². The molecule has 2 heteroatoms. The average Bonchev–Trinajstić information content (AvgIpc) is 3.56. The van der Waals surface area contributed by atoms with Crippen LogP contribution >= 0.6 is 0 Å². The quantitative estimate of drug-likeness (QED) is 0.220. The Hall–Kier alpha value is -5.34. The average molecular weight is 524 g/mol. The first-order valence-corrected chi connectivity index (χ1v) is 14.1. The van der Waals surface area contributed by atoms with Crippen LogP contribution in [-0.2, 0) is 6.42 Å². The molecule has 9 rings (SSSR count). The Labute approximate surface area is 237 Å². The SMILES string of the molecule is C=C1Cc2ccccc2-c2cc(-n3c4ccccc4c4cc(-c5cccc6c5oc5ccccc56)ccc43)ccc21. The lowest BCUT2D eigenvalue weighted by atomic mass is 9.83. The number of allylic oxidation sites excluding steroid dienone is 1. The number of benzene rings is 6. The zero-order chi connectivity index (χ0) is 27.1. The Morgan fingerprint density at radius 3 is 2.24 bits per heavy atom. The molecule has 1 aliphatic carbocycles. The van der Waals surface area contributed by atoms with Gasteiger partial charge in [0.15, 0.2) is 0 Å². The number of para-hydroxylation sites is 3. The van der Waals surface area contributed by atoms with Crippen molar-refractivity contribution in [2.24, 2.45) is 0 Å². The van der Waals surface area contributed by atoms with Crippen LogP contribution in [-0.4, -0.2) is 4.57 Å². The second-order valence-corrected chi connectivity index (χ2v) is 11.0. The van der Waals surface area contributed by atoms with E-state index in [0.29, 0.717) is 0 Å². The molecule has 2 heterocycles. The van der Waals surface area contributed by atoms with Crippen molar-refractivity contribution < 1.29 is 4.42 Å². The molecule has 2 nitrogen and oxygen atoms in total. The van der Waals surface area contributed by atoms with Crippen molar-refractivity contribution in [3.05, 3.63) is 145 Å². The second kappa shape index (κ2) is 8.33. The fourth-order valence-corrected chi connectivity index (χ4v) is 6.86. The van der Waals surface area contributed by atoms with Gasteiger partial charge in [-0.1, -0.05) is 97.6 Å². The van der Waals surface area contributed by atoms with E-state index in [0.717, 1.165) is 45.2 Å². The minimum Gasteiger partial charge on any atom is -0.455 e. The van der Waals surface area contributed by atoms with Crippen molar-refractivity contribution in [3.63, 3.8) is 0 Å². The van der Waals surface area contributed by atoms with Crippen LogP contribution in [0.1, 0.15) is 11.1 Å². The highest BCUT2D eigenvalue weighted by atomic mass is 16.3. The minimum atomic E-state index is 0.901. The maximum atomic E-state index is 6.39. The number of hydrogen-bond acceptors (Lipinski definition) is 1. The third-order valence-electron chi connectivity index (χ3n) is 8.74. The molecular weight excluding hydrogens is 498 g/mol. The Bertz CT molecular complexity index is 2360. The molecule has 1 aliphatic rings. The van der Waals surface area contributed by atoms with Gasteiger partial charge in [-0.3, -0.25) is 0 Å². The summed E-state index contributed by atoms with van der Waals surface area (Å²) in [4.78, 5) is 0. The van der Waals surface area contributed by atoms with Gasteiger partial charge < -0.3 is 8.98 Å². The second-order valence-electron chi connectivity index (χ2n) is 11.0. The lowest BCUT2D eigenvalue weighted by molar-refractivity contribution is 0.670. The standard InChI is InChI=1S/C39H25NO/c1-24-21-25-9-2-3-10-29(25)34-23-27(18-19-28(24)34)40-36-15-6-4-11-31(36)35-22-26(17-20-37(35)40)30-13-8-14-33-32-12-5-7-16-38(32)41-39(30)33/h2-20,22-23H,1,21H2. The van der Waals surface area contributed by atoms with E-state index in [1.165, 1.54) is 49.6 Å². The summed E-state index contributed by atoms with van der Waals surface area (Å²) in [6.07, 6.45) is 0.901. The van der Waals surface area contributed by atoms with Gasteiger partial charge in [0.25, 0.3) is 0 Å². The van der Waals surface area contributed by atoms with Gasteiger partial charge >= 0.3 is 0 Å². The van der Waals surface area contributed by atoms with Crippen LogP contribution < -0.4 is 0 Å². The molecule has 0 spiro atoms. The lowest BCUT2D eigenvalue weighted by Gasteiger charge is -2.23. The molecule has 2 aromatic heterocycles. The fraction of sp³-hybridized carbons (Fsp3) is 0.0256. The topological polar surface area (TPSA) is 18.1 Å². The van der Waals surface area contributed by atoms with Gasteiger partial charge in [0.2, 0.25) is 0 Å². The summed E-state index contributed by atoms with van der Waals surface area (Å²) in [5, 5.41) is 4.77. The minimum absolute atomic E-state index is 0.901. The van der Waals surface area contributed by atoms with E-state index in [9.17, 15) is 0 Å². The maximum absolute atomic E-state index is 6.39. The molecule has 6 aromatic carbocycles. The van der Waals surface area contributed by atoms with Crippen LogP contribution in [0.15, 0.2) is 138 Å². The molecule has 192 valence electrons. The molecule has 0 N–H and O–H groups in total. The zero-order valence-electron chi connectivity index (χ0n) is 22.4. The summed E-state index contributed by atoms with van der Waals surface area (Å²) in [6, 6.07) is 45.8. The van der Waals surface area contributed by atoms with Crippen LogP contribution in [0.4, 0.5) is 0 Å². The summed E-state index contributed by atoms with van der Waals surface area (Å²) in [7, 11) is 0. The molecule has 0 fully saturated rings. The Morgan fingerprint density at radius 2 is 1.29 bits per heavy atom. The summed E-state index contributed by atoms with van der Waals surface area (Å²) >= 11 is 0. The predicted molar refractivity (Wildman–Crippen MR) is 172 cm³/mol. The van der Waals surface area contributed by atoms with Gasteiger partial charge in [0.1, 0.15) is 11.2 Å². The van der Waals surface area contributed by atoms with E-state index in [2.05, 4.69) is 126 Å². The first-order valence-electron chi connectivity index (χ1n) is 14.1. The molecule has 0 unspecified atom stereocenters. The molecule has 0 aliphatic heterocycles. The van der Waals surface area contributed by atoms with Gasteiger partial charge in [-0.25, -0.2) is 0 Å². The van der Waals surface area contributed by atoms with Gasteiger partial charge in [-0.05, 0) is 76.2 Å². The van der Waals surface area contributed by atoms with E-state index in [-0.39, 0.29) is 0 Å². The van der Waals surface area contributed by atoms with E-state index < -0.39 is 0 Å². The number of furan rings is 1. The van der Waals surface area contributed by atoms with Crippen LogP contribution in [0.2, 0.25) is 0 Å². The third kappa shape index (κ3) is 3.19. The van der Waals surface area contributed by atoms with Crippen LogP contribution in [0, 0.1) is 0 Å². The van der Waals surface area contributed by atoms with Gasteiger partial charge in [-0.2, -0.15) is 0 Å². The zero-order valence-corrected chi connectivity index (χ0v) is 22.4. The van der Waals surface area contributed by atoms with Crippen molar-refractivity contribution in [1.29, 1.82) is 0 Å². The molecule has 0 atom stereocenters. The first-order chi connectivity index (χ1) is 20.2. The van der Waals surface area contributed by atoms with Crippen molar-refractivity contribution in [2.45, 2.75) is 6.42 Å².